The third kappa shape index (κ3) is 2.69. The fraction of sp³-hybridized carbons (Fsp3) is 0.294. The molecule has 0 radical (unpaired) electrons. The van der Waals surface area contributed by atoms with Gasteiger partial charge in [0, 0.05) is 5.56 Å². The minimum absolute atomic E-state index is 0.334. The Morgan fingerprint density at radius 2 is 1.47 bits per heavy atom. The third-order valence-corrected chi connectivity index (χ3v) is 3.46. The van der Waals surface area contributed by atoms with Crippen LogP contribution in [0.2, 0.25) is 0 Å². The average Bonchev–Trinajstić information content (AvgIpc) is 2.26. The van der Waals surface area contributed by atoms with Gasteiger partial charge in [-0.2, -0.15) is 0 Å². The number of hydrogen-bond donors (Lipinski definition) is 1. The average molecular weight is 258 g/mol. The first-order valence-corrected chi connectivity index (χ1v) is 6.42. The molecule has 2 aromatic carbocycles. The molecule has 0 aliphatic heterocycles. The standard InChI is InChI=1S/C17H19FO/c1-10-5-6-14(15(18)9-10)17(19)16-12(3)7-11(2)8-13(16)4/h5-9,17,19H,1-4H3. The van der Waals surface area contributed by atoms with Gasteiger partial charge >= 0.3 is 0 Å². The first-order chi connectivity index (χ1) is 8.90. The van der Waals surface area contributed by atoms with Crippen molar-refractivity contribution in [2.24, 2.45) is 0 Å². The van der Waals surface area contributed by atoms with E-state index in [-0.39, 0.29) is 5.82 Å². The molecular weight excluding hydrogens is 239 g/mol. The Morgan fingerprint density at radius 3 is 2.00 bits per heavy atom. The highest BCUT2D eigenvalue weighted by atomic mass is 19.1. The molecule has 0 saturated carbocycles. The maximum Gasteiger partial charge on any atom is 0.129 e. The van der Waals surface area contributed by atoms with Crippen LogP contribution in [0, 0.1) is 33.5 Å². The van der Waals surface area contributed by atoms with E-state index in [0.29, 0.717) is 5.56 Å². The summed E-state index contributed by atoms with van der Waals surface area (Å²) in [6.07, 6.45) is -0.916. The smallest absolute Gasteiger partial charge is 0.129 e. The topological polar surface area (TPSA) is 20.2 Å². The van der Waals surface area contributed by atoms with Gasteiger partial charge < -0.3 is 5.11 Å². The summed E-state index contributed by atoms with van der Waals surface area (Å²) in [5, 5.41) is 10.5. The molecule has 0 spiro atoms. The maximum atomic E-state index is 14.0. The first kappa shape index (κ1) is 13.8. The second-order valence-electron chi connectivity index (χ2n) is 5.24. The second-order valence-corrected chi connectivity index (χ2v) is 5.24. The van der Waals surface area contributed by atoms with Gasteiger partial charge in [-0.15, -0.1) is 0 Å². The van der Waals surface area contributed by atoms with Gasteiger partial charge in [0.25, 0.3) is 0 Å². The van der Waals surface area contributed by atoms with Crippen molar-refractivity contribution in [2.75, 3.05) is 0 Å². The molecule has 0 amide bonds. The molecule has 0 fully saturated rings. The van der Waals surface area contributed by atoms with Crippen LogP contribution < -0.4 is 0 Å². The van der Waals surface area contributed by atoms with Gasteiger partial charge in [0.1, 0.15) is 11.9 Å². The molecule has 2 aromatic rings. The van der Waals surface area contributed by atoms with Gasteiger partial charge in [-0.25, -0.2) is 4.39 Å². The second kappa shape index (κ2) is 5.14. The van der Waals surface area contributed by atoms with Crippen molar-refractivity contribution in [1.29, 1.82) is 0 Å². The molecule has 2 heteroatoms. The Morgan fingerprint density at radius 1 is 0.895 bits per heavy atom. The number of aliphatic hydroxyl groups excluding tert-OH is 1. The fourth-order valence-electron chi connectivity index (χ4n) is 2.63. The predicted octanol–water partition coefficient (Wildman–Crippen LogP) is 4.14. The number of aliphatic hydroxyl groups is 1. The fourth-order valence-corrected chi connectivity index (χ4v) is 2.63. The van der Waals surface area contributed by atoms with Crippen molar-refractivity contribution in [3.05, 3.63) is 69.5 Å². The van der Waals surface area contributed by atoms with Gasteiger partial charge in [0.05, 0.1) is 0 Å². The van der Waals surface area contributed by atoms with Gasteiger partial charge in [-0.1, -0.05) is 29.8 Å². The van der Waals surface area contributed by atoms with Crippen LogP contribution in [-0.2, 0) is 0 Å². The lowest BCUT2D eigenvalue weighted by Gasteiger charge is -2.18. The molecule has 0 aromatic heterocycles. The quantitative estimate of drug-likeness (QED) is 0.858. The minimum atomic E-state index is -0.916. The van der Waals surface area contributed by atoms with Crippen LogP contribution in [0.1, 0.15) is 39.5 Å². The molecule has 0 saturated heterocycles. The molecule has 0 bridgehead atoms. The molecule has 1 unspecified atom stereocenters. The summed E-state index contributed by atoms with van der Waals surface area (Å²) in [4.78, 5) is 0. The minimum Gasteiger partial charge on any atom is -0.384 e. The van der Waals surface area contributed by atoms with E-state index < -0.39 is 6.10 Å². The Bertz CT molecular complexity index is 594. The zero-order valence-electron chi connectivity index (χ0n) is 11.8. The summed E-state index contributed by atoms with van der Waals surface area (Å²) in [6.45, 7) is 7.75. The molecule has 0 heterocycles. The van der Waals surface area contributed by atoms with E-state index in [0.717, 1.165) is 27.8 Å². The van der Waals surface area contributed by atoms with E-state index >= 15 is 0 Å². The monoisotopic (exact) mass is 258 g/mol. The van der Waals surface area contributed by atoms with Crippen LogP contribution in [0.4, 0.5) is 4.39 Å². The lowest BCUT2D eigenvalue weighted by atomic mass is 9.91. The molecule has 2 rings (SSSR count). The number of aryl methyl sites for hydroxylation is 4. The molecule has 1 atom stereocenters. The lowest BCUT2D eigenvalue weighted by molar-refractivity contribution is 0.213. The number of benzene rings is 2. The molecule has 0 aliphatic rings. The van der Waals surface area contributed by atoms with Gasteiger partial charge in [-0.3, -0.25) is 0 Å². The largest absolute Gasteiger partial charge is 0.384 e. The van der Waals surface area contributed by atoms with E-state index in [9.17, 15) is 9.50 Å². The summed E-state index contributed by atoms with van der Waals surface area (Å²) >= 11 is 0. The van der Waals surface area contributed by atoms with E-state index in [2.05, 4.69) is 0 Å². The third-order valence-electron chi connectivity index (χ3n) is 3.46. The van der Waals surface area contributed by atoms with E-state index in [1.54, 1.807) is 6.07 Å². The molecule has 19 heavy (non-hydrogen) atoms. The van der Waals surface area contributed by atoms with E-state index in [4.69, 9.17) is 0 Å². The SMILES string of the molecule is Cc1cc(C)c(C(O)c2ccc(C)cc2F)c(C)c1. The molecule has 1 nitrogen and oxygen atoms in total. The van der Waals surface area contributed by atoms with Crippen molar-refractivity contribution in [3.8, 4) is 0 Å². The van der Waals surface area contributed by atoms with Crippen molar-refractivity contribution in [2.45, 2.75) is 33.8 Å². The van der Waals surface area contributed by atoms with E-state index in [1.807, 2.05) is 45.9 Å². The predicted molar refractivity (Wildman–Crippen MR) is 75.9 cm³/mol. The van der Waals surface area contributed by atoms with Gasteiger partial charge in [-0.05, 0) is 56.0 Å². The lowest BCUT2D eigenvalue weighted by Crippen LogP contribution is -2.07. The van der Waals surface area contributed by atoms with Crippen molar-refractivity contribution < 1.29 is 9.50 Å². The van der Waals surface area contributed by atoms with Crippen LogP contribution in [-0.4, -0.2) is 5.11 Å². The normalized spacial score (nSPS) is 12.5. The molecule has 1 N–H and O–H groups in total. The molecular formula is C17H19FO. The summed E-state index contributed by atoms with van der Waals surface area (Å²) in [5.74, 6) is -0.355. The van der Waals surface area contributed by atoms with Crippen LogP contribution in [0.3, 0.4) is 0 Å². The van der Waals surface area contributed by atoms with Gasteiger partial charge in [0.15, 0.2) is 0 Å². The number of rotatable bonds is 2. The van der Waals surface area contributed by atoms with Crippen LogP contribution in [0.5, 0.6) is 0 Å². The Hall–Kier alpha value is -1.67. The highest BCUT2D eigenvalue weighted by Crippen LogP contribution is 2.30. The van der Waals surface area contributed by atoms with Crippen LogP contribution >= 0.6 is 0 Å². The Balaban J connectivity index is 2.53. The van der Waals surface area contributed by atoms with E-state index in [1.165, 1.54) is 6.07 Å². The first-order valence-electron chi connectivity index (χ1n) is 6.42. The van der Waals surface area contributed by atoms with Crippen LogP contribution in [0.15, 0.2) is 30.3 Å². The van der Waals surface area contributed by atoms with Crippen molar-refractivity contribution >= 4 is 0 Å². The summed E-state index contributed by atoms with van der Waals surface area (Å²) in [5.41, 5.74) is 5.12. The van der Waals surface area contributed by atoms with Crippen molar-refractivity contribution in [1.82, 2.24) is 0 Å². The zero-order chi connectivity index (χ0) is 14.2. The molecule has 0 aliphatic carbocycles. The van der Waals surface area contributed by atoms with Crippen molar-refractivity contribution in [3.63, 3.8) is 0 Å². The number of halogens is 1. The van der Waals surface area contributed by atoms with Gasteiger partial charge in [0.2, 0.25) is 0 Å². The van der Waals surface area contributed by atoms with Crippen LogP contribution in [0.25, 0.3) is 0 Å². The zero-order valence-corrected chi connectivity index (χ0v) is 11.8. The summed E-state index contributed by atoms with van der Waals surface area (Å²) in [7, 11) is 0. The highest BCUT2D eigenvalue weighted by Gasteiger charge is 2.19. The maximum absolute atomic E-state index is 14.0. The molecule has 100 valence electrons. The summed E-state index contributed by atoms with van der Waals surface area (Å²) in [6, 6.07) is 8.96. The Kier molecular flexibility index (Phi) is 3.72. The summed E-state index contributed by atoms with van der Waals surface area (Å²) < 4.78 is 14.0. The highest BCUT2D eigenvalue weighted by molar-refractivity contribution is 5.43. The number of hydrogen-bond acceptors (Lipinski definition) is 1. The Labute approximate surface area is 113 Å².